The van der Waals surface area contributed by atoms with Gasteiger partial charge in [0.1, 0.15) is 17.5 Å². The zero-order chi connectivity index (χ0) is 23.5. The molecule has 0 radical (unpaired) electrons. The Morgan fingerprint density at radius 3 is 2.67 bits per heavy atom. The molecule has 1 aliphatic heterocycles. The van der Waals surface area contributed by atoms with E-state index < -0.39 is 17.2 Å². The van der Waals surface area contributed by atoms with E-state index in [-0.39, 0.29) is 0 Å². The zero-order valence-corrected chi connectivity index (χ0v) is 19.5. The fraction of sp³-hybridized carbons (Fsp3) is 0.360. The van der Waals surface area contributed by atoms with E-state index in [0.29, 0.717) is 47.5 Å². The molecule has 0 fully saturated rings. The fourth-order valence-corrected chi connectivity index (χ4v) is 4.91. The third-order valence-corrected chi connectivity index (χ3v) is 6.43. The van der Waals surface area contributed by atoms with Crippen LogP contribution in [-0.2, 0) is 23.2 Å². The Morgan fingerprint density at radius 2 is 1.94 bits per heavy atom. The number of rotatable bonds is 5. The van der Waals surface area contributed by atoms with Crippen LogP contribution in [0.4, 0.5) is 14.5 Å². The topological polar surface area (TPSA) is 56.9 Å². The van der Waals surface area contributed by atoms with Crippen molar-refractivity contribution >= 4 is 16.6 Å². The van der Waals surface area contributed by atoms with Crippen LogP contribution in [0.15, 0.2) is 30.5 Å². The number of nitrogens with one attached hydrogen (secondary N) is 1. The van der Waals surface area contributed by atoms with Gasteiger partial charge in [-0.25, -0.2) is 8.78 Å². The molecule has 0 spiro atoms. The Hall–Kier alpha value is -3.26. The maximum atomic E-state index is 15.7. The molecular weight excluding hydrogens is 424 g/mol. The van der Waals surface area contributed by atoms with Gasteiger partial charge in [-0.05, 0) is 56.2 Å². The van der Waals surface area contributed by atoms with Gasteiger partial charge in [0.25, 0.3) is 0 Å². The van der Waals surface area contributed by atoms with Crippen LogP contribution in [0.25, 0.3) is 27.7 Å². The largest absolute Gasteiger partial charge is 0.383 e. The van der Waals surface area contributed by atoms with Crippen molar-refractivity contribution in [2.75, 3.05) is 19.0 Å². The Morgan fingerprint density at radius 1 is 1.15 bits per heavy atom. The van der Waals surface area contributed by atoms with Gasteiger partial charge in [0.2, 0.25) is 0 Å². The van der Waals surface area contributed by atoms with E-state index >= 15 is 4.39 Å². The zero-order valence-electron chi connectivity index (χ0n) is 19.5. The first kappa shape index (κ1) is 21.6. The Bertz CT molecular complexity index is 1390. The molecule has 0 aliphatic carbocycles. The van der Waals surface area contributed by atoms with Crippen LogP contribution in [0.2, 0.25) is 0 Å². The molecule has 2 aromatic carbocycles. The molecule has 172 valence electrons. The van der Waals surface area contributed by atoms with Crippen LogP contribution >= 0.6 is 0 Å². The van der Waals surface area contributed by atoms with Crippen molar-refractivity contribution in [2.24, 2.45) is 0 Å². The quantitative estimate of drug-likeness (QED) is 0.445. The standard InChI is InChI=1S/C25H27F2N5O/c1-6-21-29-30-24-25(3,4)28-19-13-18(27)22(14(2)23(19)32(21)24)17-11-15(26)12-20-16(17)7-8-31(20)9-10-33-5/h7-8,11-13,28H,6,9-10H2,1-5H3. The Labute approximate surface area is 191 Å². The van der Waals surface area contributed by atoms with Gasteiger partial charge in [-0.15, -0.1) is 10.2 Å². The Kier molecular flexibility index (Phi) is 5.01. The second-order valence-corrected chi connectivity index (χ2v) is 9.02. The molecule has 1 aliphatic rings. The van der Waals surface area contributed by atoms with Crippen LogP contribution in [0.3, 0.4) is 0 Å². The normalized spacial score (nSPS) is 14.3. The molecule has 0 saturated heterocycles. The first-order valence-electron chi connectivity index (χ1n) is 11.1. The van der Waals surface area contributed by atoms with Crippen LogP contribution in [0.1, 0.15) is 38.0 Å². The minimum atomic E-state index is -0.515. The second-order valence-electron chi connectivity index (χ2n) is 9.02. The lowest BCUT2D eigenvalue weighted by molar-refractivity contribution is 0.188. The maximum absolute atomic E-state index is 15.7. The fourth-order valence-electron chi connectivity index (χ4n) is 4.91. The van der Waals surface area contributed by atoms with E-state index in [4.69, 9.17) is 4.74 Å². The summed E-state index contributed by atoms with van der Waals surface area (Å²) in [5, 5.41) is 13.0. The number of aromatic nitrogens is 4. The summed E-state index contributed by atoms with van der Waals surface area (Å²) in [5.41, 5.74) is 3.28. The number of aryl methyl sites for hydroxylation is 1. The first-order chi connectivity index (χ1) is 15.8. The molecule has 8 heteroatoms. The van der Waals surface area contributed by atoms with Gasteiger partial charge in [0.15, 0.2) is 5.82 Å². The summed E-state index contributed by atoms with van der Waals surface area (Å²) in [4.78, 5) is 0. The van der Waals surface area contributed by atoms with Gasteiger partial charge in [-0.2, -0.15) is 0 Å². The summed E-state index contributed by atoms with van der Waals surface area (Å²) in [6.45, 7) is 8.96. The van der Waals surface area contributed by atoms with Gasteiger partial charge in [0, 0.05) is 37.2 Å². The summed E-state index contributed by atoms with van der Waals surface area (Å²) in [6.07, 6.45) is 2.57. The number of hydrogen-bond donors (Lipinski definition) is 1. The van der Waals surface area contributed by atoms with E-state index in [1.165, 1.54) is 18.2 Å². The smallest absolute Gasteiger partial charge is 0.162 e. The third-order valence-electron chi connectivity index (χ3n) is 6.43. The lowest BCUT2D eigenvalue weighted by Gasteiger charge is -2.35. The summed E-state index contributed by atoms with van der Waals surface area (Å²) in [5.74, 6) is 0.754. The van der Waals surface area contributed by atoms with E-state index in [0.717, 1.165) is 22.7 Å². The van der Waals surface area contributed by atoms with Crippen molar-refractivity contribution in [1.82, 2.24) is 19.3 Å². The van der Waals surface area contributed by atoms with Gasteiger partial charge < -0.3 is 14.6 Å². The predicted octanol–water partition coefficient (Wildman–Crippen LogP) is 5.35. The molecular formula is C25H27F2N5O. The van der Waals surface area contributed by atoms with Crippen LogP contribution in [0.5, 0.6) is 0 Å². The van der Waals surface area contributed by atoms with Gasteiger partial charge in [0.05, 0.1) is 29.0 Å². The number of nitrogens with zero attached hydrogens (tertiary/aromatic N) is 4. The molecule has 0 bridgehead atoms. The molecule has 33 heavy (non-hydrogen) atoms. The SMILES string of the molecule is CCc1nnc2n1-c1c(cc(F)c(-c3cc(F)cc4c3ccn4CCOC)c1C)NC2(C)C. The maximum Gasteiger partial charge on any atom is 0.162 e. The van der Waals surface area contributed by atoms with E-state index in [2.05, 4.69) is 15.5 Å². The van der Waals surface area contributed by atoms with E-state index in [9.17, 15) is 4.39 Å². The van der Waals surface area contributed by atoms with Crippen molar-refractivity contribution in [3.05, 3.63) is 59.3 Å². The number of benzene rings is 2. The highest BCUT2D eigenvalue weighted by molar-refractivity contribution is 5.98. The van der Waals surface area contributed by atoms with Crippen molar-refractivity contribution in [3.8, 4) is 16.8 Å². The molecule has 6 nitrogen and oxygen atoms in total. The average molecular weight is 452 g/mol. The third kappa shape index (κ3) is 3.23. The molecule has 1 N–H and O–H groups in total. The number of hydrogen-bond acceptors (Lipinski definition) is 4. The van der Waals surface area contributed by atoms with Gasteiger partial charge in [-0.3, -0.25) is 4.57 Å². The summed E-state index contributed by atoms with van der Waals surface area (Å²) >= 11 is 0. The van der Waals surface area contributed by atoms with Crippen LogP contribution < -0.4 is 5.32 Å². The summed E-state index contributed by atoms with van der Waals surface area (Å²) in [6, 6.07) is 6.30. The average Bonchev–Trinajstić information content (AvgIpc) is 3.36. The number of halogens is 2. The number of anilines is 1. The van der Waals surface area contributed by atoms with Crippen molar-refractivity contribution in [1.29, 1.82) is 0 Å². The second kappa shape index (κ2) is 7.66. The van der Waals surface area contributed by atoms with Crippen LogP contribution in [0, 0.1) is 18.6 Å². The van der Waals surface area contributed by atoms with E-state index in [1.54, 1.807) is 7.11 Å². The minimum Gasteiger partial charge on any atom is -0.383 e. The van der Waals surface area contributed by atoms with Crippen molar-refractivity contribution < 1.29 is 13.5 Å². The van der Waals surface area contributed by atoms with Crippen molar-refractivity contribution in [2.45, 2.75) is 46.2 Å². The van der Waals surface area contributed by atoms with Gasteiger partial charge in [-0.1, -0.05) is 6.92 Å². The first-order valence-corrected chi connectivity index (χ1v) is 11.1. The molecule has 0 amide bonds. The number of ether oxygens (including phenoxy) is 1. The Balaban J connectivity index is 1.79. The lowest BCUT2D eigenvalue weighted by Crippen LogP contribution is -2.36. The molecule has 3 heterocycles. The lowest BCUT2D eigenvalue weighted by atomic mass is 9.91. The molecule has 2 aromatic heterocycles. The van der Waals surface area contributed by atoms with Crippen molar-refractivity contribution in [3.63, 3.8) is 0 Å². The molecule has 0 atom stereocenters. The molecule has 4 aromatic rings. The number of fused-ring (bicyclic) bond motifs is 4. The predicted molar refractivity (Wildman–Crippen MR) is 125 cm³/mol. The molecule has 0 saturated carbocycles. The summed E-state index contributed by atoms with van der Waals surface area (Å²) < 4.78 is 39.6. The minimum absolute atomic E-state index is 0.381. The number of methoxy groups -OCH3 is 1. The molecule has 5 rings (SSSR count). The van der Waals surface area contributed by atoms with Gasteiger partial charge >= 0.3 is 0 Å². The molecule has 0 unspecified atom stereocenters. The highest BCUT2D eigenvalue weighted by Crippen LogP contribution is 2.44. The highest BCUT2D eigenvalue weighted by atomic mass is 19.1. The van der Waals surface area contributed by atoms with Crippen LogP contribution in [-0.4, -0.2) is 33.0 Å². The van der Waals surface area contributed by atoms with E-state index in [1.807, 2.05) is 49.1 Å². The summed E-state index contributed by atoms with van der Waals surface area (Å²) in [7, 11) is 1.63. The highest BCUT2D eigenvalue weighted by Gasteiger charge is 2.36. The monoisotopic (exact) mass is 451 g/mol.